The summed E-state index contributed by atoms with van der Waals surface area (Å²) in [5.74, 6) is 0.521. The van der Waals surface area contributed by atoms with Crippen LogP contribution in [0.4, 0.5) is 16.3 Å². The van der Waals surface area contributed by atoms with E-state index in [1.165, 1.54) is 0 Å². The molecule has 8 nitrogen and oxygen atoms in total. The molecule has 132 valence electrons. The summed E-state index contributed by atoms with van der Waals surface area (Å²) in [6.45, 7) is 6.83. The molecule has 0 unspecified atom stereocenters. The first-order chi connectivity index (χ1) is 11.5. The van der Waals surface area contributed by atoms with E-state index in [0.29, 0.717) is 18.9 Å². The molecule has 8 heteroatoms. The summed E-state index contributed by atoms with van der Waals surface area (Å²) in [7, 11) is 0. The fraction of sp³-hybridized carbons (Fsp3) is 0.562. The van der Waals surface area contributed by atoms with E-state index < -0.39 is 12.1 Å². The number of hydrogen-bond acceptors (Lipinski definition) is 5. The van der Waals surface area contributed by atoms with Crippen LogP contribution in [0.1, 0.15) is 20.3 Å². The molecule has 2 heterocycles. The van der Waals surface area contributed by atoms with Crippen molar-refractivity contribution in [2.45, 2.75) is 26.3 Å². The highest BCUT2D eigenvalue weighted by atomic mass is 16.5. The zero-order chi connectivity index (χ0) is 17.5. The van der Waals surface area contributed by atoms with Gasteiger partial charge in [0.15, 0.2) is 0 Å². The number of hydrogen-bond donors (Lipinski definition) is 3. The van der Waals surface area contributed by atoms with Crippen LogP contribution in [0.3, 0.4) is 0 Å². The third kappa shape index (κ3) is 4.82. The molecule has 0 saturated carbocycles. The number of aromatic nitrogens is 1. The summed E-state index contributed by atoms with van der Waals surface area (Å²) in [6.07, 6.45) is 2.35. The first kappa shape index (κ1) is 18.0. The first-order valence-corrected chi connectivity index (χ1v) is 8.16. The van der Waals surface area contributed by atoms with E-state index in [0.717, 1.165) is 25.3 Å². The maximum Gasteiger partial charge on any atom is 0.312 e. The number of nitrogens with zero attached hydrogens (tertiary/aromatic N) is 2. The number of nitrogens with one attached hydrogen (secondary N) is 2. The van der Waals surface area contributed by atoms with Crippen LogP contribution in [0, 0.1) is 5.92 Å². The number of amides is 3. The fourth-order valence-electron chi connectivity index (χ4n) is 2.51. The van der Waals surface area contributed by atoms with Gasteiger partial charge in [0, 0.05) is 13.1 Å². The quantitative estimate of drug-likeness (QED) is 0.717. The number of pyridine rings is 1. The molecule has 0 radical (unpaired) electrons. The summed E-state index contributed by atoms with van der Waals surface area (Å²) in [4.78, 5) is 30.0. The molecule has 1 aliphatic rings. The number of ether oxygens (including phenoxy) is 1. The van der Waals surface area contributed by atoms with E-state index >= 15 is 0 Å². The van der Waals surface area contributed by atoms with E-state index in [9.17, 15) is 9.59 Å². The average molecular weight is 335 g/mol. The van der Waals surface area contributed by atoms with Gasteiger partial charge in [-0.25, -0.2) is 9.78 Å². The molecular formula is C16H25N5O3. The van der Waals surface area contributed by atoms with E-state index in [1.54, 1.807) is 12.3 Å². The molecule has 2 atom stereocenters. The number of carbonyl (C=O) groups is 2. The Kier molecular flexibility index (Phi) is 6.36. The summed E-state index contributed by atoms with van der Waals surface area (Å²) < 4.78 is 5.32. The van der Waals surface area contributed by atoms with Crippen molar-refractivity contribution < 1.29 is 14.3 Å². The van der Waals surface area contributed by atoms with Gasteiger partial charge >= 0.3 is 6.03 Å². The van der Waals surface area contributed by atoms with Crippen LogP contribution in [-0.4, -0.2) is 49.3 Å². The molecule has 4 N–H and O–H groups in total. The summed E-state index contributed by atoms with van der Waals surface area (Å²) >= 11 is 0. The number of primary amides is 1. The van der Waals surface area contributed by atoms with Crippen LogP contribution in [0.15, 0.2) is 18.3 Å². The molecule has 3 amide bonds. The number of morpholine rings is 1. The SMILES string of the molecule is CC[C@H](C)[C@H](NC(N)=O)C(=O)Nc1ccc(N2CCOCC2)nc1. The normalized spacial score (nSPS) is 17.0. The van der Waals surface area contributed by atoms with Crippen LogP contribution >= 0.6 is 0 Å². The van der Waals surface area contributed by atoms with Gasteiger partial charge in [0.25, 0.3) is 0 Å². The van der Waals surface area contributed by atoms with E-state index in [2.05, 4.69) is 20.5 Å². The van der Waals surface area contributed by atoms with Crippen molar-refractivity contribution in [2.24, 2.45) is 11.7 Å². The third-order valence-corrected chi connectivity index (χ3v) is 4.14. The van der Waals surface area contributed by atoms with Gasteiger partial charge in [0.1, 0.15) is 11.9 Å². The summed E-state index contributed by atoms with van der Waals surface area (Å²) in [6, 6.07) is 2.27. The Hall–Kier alpha value is -2.35. The predicted octanol–water partition coefficient (Wildman–Crippen LogP) is 0.940. The van der Waals surface area contributed by atoms with E-state index in [4.69, 9.17) is 10.5 Å². The predicted molar refractivity (Wildman–Crippen MR) is 91.9 cm³/mol. The van der Waals surface area contributed by atoms with Crippen LogP contribution < -0.4 is 21.3 Å². The van der Waals surface area contributed by atoms with Gasteiger partial charge in [-0.3, -0.25) is 4.79 Å². The Bertz CT molecular complexity index is 557. The van der Waals surface area contributed by atoms with Crippen LogP contribution in [0.25, 0.3) is 0 Å². The maximum absolute atomic E-state index is 12.4. The largest absolute Gasteiger partial charge is 0.378 e. The molecule has 0 aromatic carbocycles. The highest BCUT2D eigenvalue weighted by Crippen LogP contribution is 2.16. The van der Waals surface area contributed by atoms with Gasteiger partial charge < -0.3 is 26.0 Å². The Morgan fingerprint density at radius 1 is 1.38 bits per heavy atom. The lowest BCUT2D eigenvalue weighted by Gasteiger charge is -2.28. The highest BCUT2D eigenvalue weighted by Gasteiger charge is 2.25. The number of carbonyl (C=O) groups excluding carboxylic acids is 2. The van der Waals surface area contributed by atoms with Crippen molar-refractivity contribution in [1.82, 2.24) is 10.3 Å². The zero-order valence-electron chi connectivity index (χ0n) is 14.1. The summed E-state index contributed by atoms with van der Waals surface area (Å²) in [5, 5.41) is 5.28. The van der Waals surface area contributed by atoms with Crippen molar-refractivity contribution in [1.29, 1.82) is 0 Å². The molecule has 2 rings (SSSR count). The molecule has 1 aromatic rings. The van der Waals surface area contributed by atoms with Crippen molar-refractivity contribution in [3.63, 3.8) is 0 Å². The molecule has 1 aromatic heterocycles. The Morgan fingerprint density at radius 3 is 2.62 bits per heavy atom. The number of rotatable bonds is 6. The minimum absolute atomic E-state index is 0.0296. The minimum Gasteiger partial charge on any atom is -0.378 e. The van der Waals surface area contributed by atoms with Crippen molar-refractivity contribution in [3.05, 3.63) is 18.3 Å². The molecule has 0 aliphatic carbocycles. The van der Waals surface area contributed by atoms with Crippen molar-refractivity contribution in [2.75, 3.05) is 36.5 Å². The summed E-state index contributed by atoms with van der Waals surface area (Å²) in [5.41, 5.74) is 5.74. The number of anilines is 2. The maximum atomic E-state index is 12.4. The zero-order valence-corrected chi connectivity index (χ0v) is 14.1. The van der Waals surface area contributed by atoms with Crippen LogP contribution in [0.2, 0.25) is 0 Å². The lowest BCUT2D eigenvalue weighted by molar-refractivity contribution is -0.119. The van der Waals surface area contributed by atoms with E-state index in [1.807, 2.05) is 19.9 Å². The van der Waals surface area contributed by atoms with Crippen molar-refractivity contribution in [3.8, 4) is 0 Å². The second-order valence-corrected chi connectivity index (χ2v) is 5.87. The molecule has 1 aliphatic heterocycles. The van der Waals surface area contributed by atoms with Gasteiger partial charge in [-0.15, -0.1) is 0 Å². The number of nitrogens with two attached hydrogens (primary N) is 1. The van der Waals surface area contributed by atoms with Crippen molar-refractivity contribution >= 4 is 23.4 Å². The van der Waals surface area contributed by atoms with E-state index in [-0.39, 0.29) is 11.8 Å². The Morgan fingerprint density at radius 2 is 2.08 bits per heavy atom. The lowest BCUT2D eigenvalue weighted by Crippen LogP contribution is -2.49. The molecule has 0 bridgehead atoms. The second-order valence-electron chi connectivity index (χ2n) is 5.87. The topological polar surface area (TPSA) is 110 Å². The van der Waals surface area contributed by atoms with Crippen LogP contribution in [0.5, 0.6) is 0 Å². The van der Waals surface area contributed by atoms with Crippen LogP contribution in [-0.2, 0) is 9.53 Å². The molecule has 1 saturated heterocycles. The monoisotopic (exact) mass is 335 g/mol. The molecule has 1 fully saturated rings. The standard InChI is InChI=1S/C16H25N5O3/c1-3-11(2)14(20-16(17)23)15(22)19-12-4-5-13(18-10-12)21-6-8-24-9-7-21/h4-5,10-11,14H,3,6-9H2,1-2H3,(H,19,22)(H3,17,20,23)/t11-,14-/m0/s1. The highest BCUT2D eigenvalue weighted by molar-refractivity contribution is 5.97. The van der Waals surface area contributed by atoms with Gasteiger partial charge in [0.05, 0.1) is 25.1 Å². The van der Waals surface area contributed by atoms with Gasteiger partial charge in [0.2, 0.25) is 5.91 Å². The Labute approximate surface area is 141 Å². The van der Waals surface area contributed by atoms with Gasteiger partial charge in [-0.05, 0) is 18.1 Å². The minimum atomic E-state index is -0.712. The number of urea groups is 1. The van der Waals surface area contributed by atoms with Gasteiger partial charge in [-0.1, -0.05) is 20.3 Å². The average Bonchev–Trinajstić information content (AvgIpc) is 2.60. The van der Waals surface area contributed by atoms with Gasteiger partial charge in [-0.2, -0.15) is 0 Å². The molecule has 0 spiro atoms. The lowest BCUT2D eigenvalue weighted by atomic mass is 9.98. The third-order valence-electron chi connectivity index (χ3n) is 4.14. The molecule has 24 heavy (non-hydrogen) atoms. The fourth-order valence-corrected chi connectivity index (χ4v) is 2.51. The first-order valence-electron chi connectivity index (χ1n) is 8.16. The second kappa shape index (κ2) is 8.49. The smallest absolute Gasteiger partial charge is 0.312 e. The Balaban J connectivity index is 2.00. The molecular weight excluding hydrogens is 310 g/mol.